The second-order valence-corrected chi connectivity index (χ2v) is 6.82. The normalized spacial score (nSPS) is 16.4. The number of halogens is 1. The molecule has 5 nitrogen and oxygen atoms in total. The Morgan fingerprint density at radius 2 is 2.17 bits per heavy atom. The third kappa shape index (κ3) is 3.21. The van der Waals surface area contributed by atoms with Crippen LogP contribution in [0.2, 0.25) is 5.02 Å². The topological polar surface area (TPSA) is 62.3 Å². The predicted molar refractivity (Wildman–Crippen MR) is 95.6 cm³/mol. The molecule has 0 saturated carbocycles. The highest BCUT2D eigenvalue weighted by atomic mass is 35.5. The van der Waals surface area contributed by atoms with Crippen molar-refractivity contribution in [1.82, 2.24) is 15.4 Å². The first kappa shape index (κ1) is 15.9. The lowest BCUT2D eigenvalue weighted by Crippen LogP contribution is -2.43. The van der Waals surface area contributed by atoms with Crippen LogP contribution in [0.4, 0.5) is 0 Å². The Kier molecular flexibility index (Phi) is 4.34. The molecule has 1 aromatic carbocycles. The van der Waals surface area contributed by atoms with Gasteiger partial charge in [0, 0.05) is 12.3 Å². The summed E-state index contributed by atoms with van der Waals surface area (Å²) in [6.45, 7) is 1.31. The lowest BCUT2D eigenvalue weighted by molar-refractivity contribution is -0.131. The summed E-state index contributed by atoms with van der Waals surface area (Å²) in [4.78, 5) is 28.2. The number of carbonyl (C=O) groups excluding carboxylic acids is 2. The Labute approximate surface area is 146 Å². The monoisotopic (exact) mass is 363 g/mol. The maximum Gasteiger partial charge on any atom is 0.285 e. The first-order chi connectivity index (χ1) is 11.0. The van der Waals surface area contributed by atoms with E-state index < -0.39 is 0 Å². The van der Waals surface area contributed by atoms with Gasteiger partial charge in [-0.15, -0.1) is 0 Å². The molecule has 2 heterocycles. The molecule has 1 aromatic heterocycles. The van der Waals surface area contributed by atoms with Gasteiger partial charge in [0.25, 0.3) is 5.91 Å². The average molecular weight is 364 g/mol. The number of hydrazine groups is 1. The number of nitrogens with zero attached hydrogens (tertiary/aromatic N) is 2. The van der Waals surface area contributed by atoms with Crippen molar-refractivity contribution < 1.29 is 9.59 Å². The van der Waals surface area contributed by atoms with Crippen LogP contribution in [-0.4, -0.2) is 26.1 Å². The lowest BCUT2D eigenvalue weighted by atomic mass is 10.2. The van der Waals surface area contributed by atoms with Crippen LogP contribution in [0.1, 0.15) is 12.6 Å². The van der Waals surface area contributed by atoms with Crippen LogP contribution in [-0.2, 0) is 9.59 Å². The molecule has 1 saturated heterocycles. The fourth-order valence-electron chi connectivity index (χ4n) is 2.06. The summed E-state index contributed by atoms with van der Waals surface area (Å²) >= 11 is 12.4. The highest BCUT2D eigenvalue weighted by Gasteiger charge is 2.33. The van der Waals surface area contributed by atoms with Crippen molar-refractivity contribution in [3.63, 3.8) is 0 Å². The Hall–Kier alpha value is -1.96. The number of rotatable bonds is 2. The summed E-state index contributed by atoms with van der Waals surface area (Å²) in [6.07, 6.45) is 1.63. The number of fused-ring (bicyclic) bond motifs is 1. The van der Waals surface area contributed by atoms with Gasteiger partial charge in [-0.3, -0.25) is 15.0 Å². The minimum Gasteiger partial charge on any atom is -0.274 e. The third-order valence-electron chi connectivity index (χ3n) is 3.03. The molecule has 0 aliphatic carbocycles. The minimum atomic E-state index is -0.378. The molecule has 1 aliphatic rings. The number of benzene rings is 1. The zero-order valence-electron chi connectivity index (χ0n) is 11.9. The summed E-state index contributed by atoms with van der Waals surface area (Å²) in [6, 6.07) is 9.20. The summed E-state index contributed by atoms with van der Waals surface area (Å²) in [5.41, 5.74) is 3.65. The summed E-state index contributed by atoms with van der Waals surface area (Å²) in [5.74, 6) is -0.741. The zero-order valence-corrected chi connectivity index (χ0v) is 14.3. The first-order valence-electron chi connectivity index (χ1n) is 6.56. The Bertz CT molecular complexity index is 882. The highest BCUT2D eigenvalue weighted by Crippen LogP contribution is 2.31. The molecule has 2 aromatic rings. The number of pyridine rings is 1. The van der Waals surface area contributed by atoms with Crippen molar-refractivity contribution in [2.24, 2.45) is 0 Å². The second kappa shape index (κ2) is 6.27. The molecular weight excluding hydrogens is 354 g/mol. The lowest BCUT2D eigenvalue weighted by Gasteiger charge is -2.13. The second-order valence-electron chi connectivity index (χ2n) is 4.73. The molecule has 0 spiro atoms. The van der Waals surface area contributed by atoms with Crippen LogP contribution in [0.15, 0.2) is 35.2 Å². The number of thiocarbonyl (C=S) groups is 1. The van der Waals surface area contributed by atoms with Crippen molar-refractivity contribution in [2.75, 3.05) is 0 Å². The van der Waals surface area contributed by atoms with Gasteiger partial charge in [0.2, 0.25) is 5.91 Å². The average Bonchev–Trinajstić information content (AvgIpc) is 2.75. The Morgan fingerprint density at radius 3 is 2.91 bits per heavy atom. The van der Waals surface area contributed by atoms with Crippen LogP contribution in [0.3, 0.4) is 0 Å². The third-order valence-corrected chi connectivity index (χ3v) is 4.64. The molecule has 1 N–H and O–H groups in total. The Morgan fingerprint density at radius 1 is 1.39 bits per heavy atom. The molecule has 0 bridgehead atoms. The number of thioether (sulfide) groups is 1. The summed E-state index contributed by atoms with van der Waals surface area (Å²) in [5, 5.41) is 2.52. The number of hydrogen-bond acceptors (Lipinski definition) is 5. The smallest absolute Gasteiger partial charge is 0.274 e. The van der Waals surface area contributed by atoms with Gasteiger partial charge in [-0.25, -0.2) is 4.98 Å². The zero-order chi connectivity index (χ0) is 16.6. The molecule has 2 amide bonds. The molecule has 8 heteroatoms. The molecule has 3 rings (SSSR count). The number of para-hydroxylation sites is 1. The van der Waals surface area contributed by atoms with Crippen molar-refractivity contribution >= 4 is 68.7 Å². The van der Waals surface area contributed by atoms with E-state index >= 15 is 0 Å². The molecule has 1 aliphatic heterocycles. The number of aromatic nitrogens is 1. The van der Waals surface area contributed by atoms with E-state index in [1.807, 2.05) is 18.2 Å². The van der Waals surface area contributed by atoms with Crippen LogP contribution in [0.5, 0.6) is 0 Å². The molecule has 23 heavy (non-hydrogen) atoms. The van der Waals surface area contributed by atoms with Gasteiger partial charge in [0.05, 0.1) is 21.1 Å². The molecule has 116 valence electrons. The van der Waals surface area contributed by atoms with Crippen molar-refractivity contribution in [1.29, 1.82) is 0 Å². The van der Waals surface area contributed by atoms with Crippen LogP contribution < -0.4 is 5.43 Å². The van der Waals surface area contributed by atoms with E-state index in [1.54, 1.807) is 18.2 Å². The molecule has 1 fully saturated rings. The van der Waals surface area contributed by atoms with Gasteiger partial charge in [-0.2, -0.15) is 5.01 Å². The van der Waals surface area contributed by atoms with E-state index in [9.17, 15) is 9.59 Å². The summed E-state index contributed by atoms with van der Waals surface area (Å²) < 4.78 is 0.273. The van der Waals surface area contributed by atoms with Gasteiger partial charge in [0.1, 0.15) is 0 Å². The number of hydrogen-bond donors (Lipinski definition) is 1. The first-order valence-corrected chi connectivity index (χ1v) is 8.16. The van der Waals surface area contributed by atoms with Crippen LogP contribution in [0.25, 0.3) is 17.0 Å². The largest absolute Gasteiger partial charge is 0.285 e. The van der Waals surface area contributed by atoms with Gasteiger partial charge >= 0.3 is 0 Å². The number of carbonyl (C=O) groups is 2. The molecule has 0 unspecified atom stereocenters. The Balaban J connectivity index is 1.96. The summed E-state index contributed by atoms with van der Waals surface area (Å²) in [7, 11) is 0. The highest BCUT2D eigenvalue weighted by molar-refractivity contribution is 8.26. The van der Waals surface area contributed by atoms with E-state index in [2.05, 4.69) is 10.4 Å². The fourth-order valence-corrected chi connectivity index (χ4v) is 3.45. The fraction of sp³-hybridized carbons (Fsp3) is 0.0667. The van der Waals surface area contributed by atoms with Crippen LogP contribution in [0, 0.1) is 0 Å². The van der Waals surface area contributed by atoms with Crippen molar-refractivity contribution in [3.05, 3.63) is 46.0 Å². The molecule has 0 radical (unpaired) electrons. The quantitative estimate of drug-likeness (QED) is 0.656. The SMILES string of the molecule is CC(=O)NN1C(=O)/C(=C/c2ccc3cccc(Cl)c3n2)SC1=S. The predicted octanol–water partition coefficient (Wildman–Crippen LogP) is 3.14. The van der Waals surface area contributed by atoms with Gasteiger partial charge in [-0.05, 0) is 30.4 Å². The maximum absolute atomic E-state index is 12.3. The van der Waals surface area contributed by atoms with E-state index in [-0.39, 0.29) is 16.1 Å². The van der Waals surface area contributed by atoms with E-state index in [0.717, 1.165) is 22.2 Å². The van der Waals surface area contributed by atoms with E-state index in [1.165, 1.54) is 6.92 Å². The van der Waals surface area contributed by atoms with Gasteiger partial charge in [-0.1, -0.05) is 41.6 Å². The van der Waals surface area contributed by atoms with E-state index in [0.29, 0.717) is 21.1 Å². The van der Waals surface area contributed by atoms with Gasteiger partial charge in [0.15, 0.2) is 4.32 Å². The standard InChI is InChI=1S/C15H10ClN3O2S2/c1-8(20)18-19-14(21)12(23-15(19)22)7-10-6-5-9-3-2-4-11(16)13(9)17-10/h2-7H,1H3,(H,18,20)/b12-7-. The van der Waals surface area contributed by atoms with Crippen LogP contribution >= 0.6 is 35.6 Å². The van der Waals surface area contributed by atoms with Gasteiger partial charge < -0.3 is 0 Å². The molecule has 0 atom stereocenters. The van der Waals surface area contributed by atoms with E-state index in [4.69, 9.17) is 23.8 Å². The molecular formula is C15H10ClN3O2S2. The maximum atomic E-state index is 12.3. The number of nitrogens with one attached hydrogen (secondary N) is 1. The van der Waals surface area contributed by atoms with Crippen molar-refractivity contribution in [3.8, 4) is 0 Å². The van der Waals surface area contributed by atoms with Crippen molar-refractivity contribution in [2.45, 2.75) is 6.92 Å². The number of amides is 2. The minimum absolute atomic E-state index is 0.273.